The van der Waals surface area contributed by atoms with Crippen LogP contribution >= 0.6 is 15.9 Å². The molecule has 0 atom stereocenters. The smallest absolute Gasteiger partial charge is 0.0256 e. The molecule has 0 bridgehead atoms. The first-order valence-electron chi connectivity index (χ1n) is 2.56. The summed E-state index contributed by atoms with van der Waals surface area (Å²) < 4.78 is 0. The summed E-state index contributed by atoms with van der Waals surface area (Å²) in [6.45, 7) is 2.09. The maximum Gasteiger partial charge on any atom is 0.0256 e. The second-order valence-electron chi connectivity index (χ2n) is 2.07. The lowest BCUT2D eigenvalue weighted by Crippen LogP contribution is -2.02. The molecule has 0 aliphatic rings. The summed E-state index contributed by atoms with van der Waals surface area (Å²) in [7, 11) is 4.04. The van der Waals surface area contributed by atoms with Crippen molar-refractivity contribution in [2.24, 2.45) is 0 Å². The van der Waals surface area contributed by atoms with Crippen LogP contribution in [-0.2, 0) is 0 Å². The van der Waals surface area contributed by atoms with Gasteiger partial charge in [-0.15, -0.1) is 0 Å². The summed E-state index contributed by atoms with van der Waals surface area (Å²) >= 11 is 3.35. The molecule has 0 aromatic heterocycles. The van der Waals surface area contributed by atoms with E-state index in [0.29, 0.717) is 0 Å². The topological polar surface area (TPSA) is 3.24 Å². The van der Waals surface area contributed by atoms with Gasteiger partial charge >= 0.3 is 0 Å². The molecule has 0 aromatic rings. The second kappa shape index (κ2) is 3.96. The molecule has 8 heavy (non-hydrogen) atoms. The van der Waals surface area contributed by atoms with Gasteiger partial charge < -0.3 is 4.90 Å². The Bertz CT molecular complexity index is 86.5. The normalized spacial score (nSPS) is 11.8. The van der Waals surface area contributed by atoms with Gasteiger partial charge in [-0.3, -0.25) is 0 Å². The lowest BCUT2D eigenvalue weighted by Gasteiger charge is -2.04. The highest BCUT2D eigenvalue weighted by molar-refractivity contribution is 9.09. The van der Waals surface area contributed by atoms with Crippen molar-refractivity contribution in [1.82, 2.24) is 4.90 Å². The zero-order chi connectivity index (χ0) is 6.57. The quantitative estimate of drug-likeness (QED) is 0.583. The fourth-order valence-electron chi connectivity index (χ4n) is 0.475. The van der Waals surface area contributed by atoms with Crippen LogP contribution in [0, 0.1) is 0 Å². The number of nitrogens with zero attached hydrogens (tertiary/aromatic N) is 1. The number of hydrogen-bond acceptors (Lipinski definition) is 1. The predicted octanol–water partition coefficient (Wildman–Crippen LogP) is 1.85. The second-order valence-corrected chi connectivity index (χ2v) is 2.63. The molecular weight excluding hydrogens is 166 g/mol. The molecule has 0 saturated heterocycles. The molecule has 0 N–H and O–H groups in total. The number of halogens is 1. The van der Waals surface area contributed by atoms with E-state index in [4.69, 9.17) is 0 Å². The molecule has 0 heterocycles. The molecule has 0 rings (SSSR count). The Morgan fingerprint density at radius 1 is 1.62 bits per heavy atom. The highest BCUT2D eigenvalue weighted by Crippen LogP contribution is 1.97. The molecular formula is C6H12BrN. The number of rotatable bonds is 2. The van der Waals surface area contributed by atoms with Gasteiger partial charge in [0, 0.05) is 19.4 Å². The third kappa shape index (κ3) is 4.19. The highest BCUT2D eigenvalue weighted by atomic mass is 79.9. The van der Waals surface area contributed by atoms with Gasteiger partial charge in [0.15, 0.2) is 0 Å². The molecule has 0 radical (unpaired) electrons. The Morgan fingerprint density at radius 2 is 2.12 bits per heavy atom. The summed E-state index contributed by atoms with van der Waals surface area (Å²) in [5.41, 5.74) is 1.34. The van der Waals surface area contributed by atoms with Crippen LogP contribution in [-0.4, -0.2) is 24.3 Å². The molecule has 0 aliphatic heterocycles. The Balaban J connectivity index is 3.56. The first-order chi connectivity index (χ1) is 3.66. The van der Waals surface area contributed by atoms with Crippen LogP contribution < -0.4 is 0 Å². The van der Waals surface area contributed by atoms with Gasteiger partial charge in [-0.05, 0) is 18.7 Å². The molecule has 0 aliphatic carbocycles. The molecule has 0 unspecified atom stereocenters. The van der Waals surface area contributed by atoms with Crippen molar-refractivity contribution in [2.45, 2.75) is 6.92 Å². The van der Waals surface area contributed by atoms with Crippen LogP contribution in [0.3, 0.4) is 0 Å². The van der Waals surface area contributed by atoms with Crippen LogP contribution in [0.1, 0.15) is 6.92 Å². The summed E-state index contributed by atoms with van der Waals surface area (Å²) in [4.78, 5) is 2.04. The molecule has 0 spiro atoms. The van der Waals surface area contributed by atoms with Gasteiger partial charge in [0.25, 0.3) is 0 Å². The average molecular weight is 178 g/mol. The molecule has 48 valence electrons. The average Bonchev–Trinajstić information content (AvgIpc) is 1.65. The van der Waals surface area contributed by atoms with Crippen molar-refractivity contribution in [3.05, 3.63) is 11.8 Å². The Morgan fingerprint density at radius 3 is 2.25 bits per heavy atom. The van der Waals surface area contributed by atoms with Crippen LogP contribution in [0.5, 0.6) is 0 Å². The van der Waals surface area contributed by atoms with Crippen molar-refractivity contribution >= 4 is 15.9 Å². The van der Waals surface area contributed by atoms with Crippen molar-refractivity contribution in [3.63, 3.8) is 0 Å². The van der Waals surface area contributed by atoms with Gasteiger partial charge in [-0.1, -0.05) is 15.9 Å². The third-order valence-electron chi connectivity index (χ3n) is 0.689. The fraction of sp³-hybridized carbons (Fsp3) is 0.667. The lowest BCUT2D eigenvalue weighted by atomic mass is 10.4. The van der Waals surface area contributed by atoms with E-state index in [1.54, 1.807) is 0 Å². The maximum atomic E-state index is 3.35. The van der Waals surface area contributed by atoms with E-state index >= 15 is 0 Å². The van der Waals surface area contributed by atoms with Gasteiger partial charge in [0.05, 0.1) is 0 Å². The van der Waals surface area contributed by atoms with E-state index < -0.39 is 0 Å². The zero-order valence-electron chi connectivity index (χ0n) is 5.61. The fourth-order valence-corrected chi connectivity index (χ4v) is 0.620. The third-order valence-corrected chi connectivity index (χ3v) is 1.57. The molecule has 0 fully saturated rings. The Kier molecular flexibility index (Phi) is 3.97. The van der Waals surface area contributed by atoms with Gasteiger partial charge in [0.2, 0.25) is 0 Å². The Labute approximate surface area is 59.5 Å². The monoisotopic (exact) mass is 177 g/mol. The largest absolute Gasteiger partial charge is 0.384 e. The molecule has 0 saturated carbocycles. The SMILES string of the molecule is CC(=CN(C)C)CBr. The minimum absolute atomic E-state index is 0.963. The first kappa shape index (κ1) is 8.02. The van der Waals surface area contributed by atoms with Gasteiger partial charge in [-0.25, -0.2) is 0 Å². The first-order valence-corrected chi connectivity index (χ1v) is 3.68. The molecule has 0 aromatic carbocycles. The van der Waals surface area contributed by atoms with E-state index in [-0.39, 0.29) is 0 Å². The molecule has 1 nitrogen and oxygen atoms in total. The van der Waals surface area contributed by atoms with E-state index in [0.717, 1.165) is 5.33 Å². The van der Waals surface area contributed by atoms with Crippen LogP contribution in [0.4, 0.5) is 0 Å². The standard InChI is InChI=1S/C6H12BrN/c1-6(4-7)5-8(2)3/h5H,4H2,1-3H3. The van der Waals surface area contributed by atoms with Gasteiger partial charge in [-0.2, -0.15) is 0 Å². The van der Waals surface area contributed by atoms with Crippen molar-refractivity contribution in [1.29, 1.82) is 0 Å². The highest BCUT2D eigenvalue weighted by Gasteiger charge is 1.83. The van der Waals surface area contributed by atoms with Crippen molar-refractivity contribution < 1.29 is 0 Å². The number of alkyl halides is 1. The predicted molar refractivity (Wildman–Crippen MR) is 41.2 cm³/mol. The molecule has 2 heteroatoms. The van der Waals surface area contributed by atoms with E-state index in [1.165, 1.54) is 5.57 Å². The Hall–Kier alpha value is 0.0200. The van der Waals surface area contributed by atoms with Crippen LogP contribution in [0.15, 0.2) is 11.8 Å². The minimum atomic E-state index is 0.963. The summed E-state index contributed by atoms with van der Waals surface area (Å²) in [6, 6.07) is 0. The van der Waals surface area contributed by atoms with E-state index in [9.17, 15) is 0 Å². The minimum Gasteiger partial charge on any atom is -0.384 e. The van der Waals surface area contributed by atoms with Crippen molar-refractivity contribution in [2.75, 3.05) is 19.4 Å². The van der Waals surface area contributed by atoms with Crippen molar-refractivity contribution in [3.8, 4) is 0 Å². The zero-order valence-corrected chi connectivity index (χ0v) is 7.20. The summed E-state index contributed by atoms with van der Waals surface area (Å²) in [5.74, 6) is 0. The maximum absolute atomic E-state index is 3.35. The number of allylic oxidation sites excluding steroid dienone is 1. The van der Waals surface area contributed by atoms with E-state index in [1.807, 2.05) is 19.0 Å². The van der Waals surface area contributed by atoms with E-state index in [2.05, 4.69) is 29.1 Å². The van der Waals surface area contributed by atoms with Crippen LogP contribution in [0.25, 0.3) is 0 Å². The lowest BCUT2D eigenvalue weighted by molar-refractivity contribution is 0.558. The molecule has 0 amide bonds. The van der Waals surface area contributed by atoms with Crippen LogP contribution in [0.2, 0.25) is 0 Å². The summed E-state index contributed by atoms with van der Waals surface area (Å²) in [5, 5.41) is 0.963. The summed E-state index contributed by atoms with van der Waals surface area (Å²) in [6.07, 6.45) is 2.09. The van der Waals surface area contributed by atoms with Gasteiger partial charge in [0.1, 0.15) is 0 Å². The number of hydrogen-bond donors (Lipinski definition) is 0.